The van der Waals surface area contributed by atoms with Crippen LogP contribution >= 0.6 is 0 Å². The van der Waals surface area contributed by atoms with Crippen LogP contribution in [0.2, 0.25) is 0 Å². The summed E-state index contributed by atoms with van der Waals surface area (Å²) < 4.78 is 19.8. The molecule has 1 unspecified atom stereocenters. The average molecular weight is 503 g/mol. The van der Waals surface area contributed by atoms with Crippen molar-refractivity contribution in [1.29, 1.82) is 0 Å². The second-order valence-electron chi connectivity index (χ2n) is 9.99. The molecule has 4 heterocycles. The number of aryl methyl sites for hydroxylation is 1. The van der Waals surface area contributed by atoms with Crippen molar-refractivity contribution >= 4 is 34.4 Å². The van der Waals surface area contributed by atoms with Crippen molar-refractivity contribution in [2.45, 2.75) is 52.5 Å². The van der Waals surface area contributed by atoms with Crippen molar-refractivity contribution in [2.75, 3.05) is 49.1 Å². The zero-order chi connectivity index (χ0) is 25.8. The molecule has 0 spiro atoms. The van der Waals surface area contributed by atoms with Crippen LogP contribution in [-0.4, -0.2) is 55.2 Å². The molecule has 0 saturated carbocycles. The third kappa shape index (κ3) is 5.30. The Morgan fingerprint density at radius 1 is 0.946 bits per heavy atom. The first-order valence-electron chi connectivity index (χ1n) is 13.9. The molecule has 0 N–H and O–H groups in total. The van der Waals surface area contributed by atoms with Crippen molar-refractivity contribution in [2.24, 2.45) is 0 Å². The number of piperazine rings is 1. The van der Waals surface area contributed by atoms with Crippen molar-refractivity contribution < 1.29 is 8.81 Å². The quantitative estimate of drug-likeness (QED) is 0.383. The molecule has 2 aromatic heterocycles. The highest BCUT2D eigenvalue weighted by atomic mass is 19.1. The van der Waals surface area contributed by atoms with Crippen LogP contribution in [0.1, 0.15) is 56.4 Å². The van der Waals surface area contributed by atoms with Crippen molar-refractivity contribution in [3.8, 4) is 0 Å². The zero-order valence-electron chi connectivity index (χ0n) is 22.4. The first-order valence-corrected chi connectivity index (χ1v) is 13.9. The number of pyridine rings is 1. The van der Waals surface area contributed by atoms with Gasteiger partial charge in [-0.25, -0.2) is 4.39 Å². The highest BCUT2D eigenvalue weighted by Crippen LogP contribution is 2.34. The summed E-state index contributed by atoms with van der Waals surface area (Å²) in [4.78, 5) is 12.3. The molecular formula is C31H39FN4O. The molecule has 1 atom stereocenters. The minimum atomic E-state index is -0.110. The number of aromatic nitrogens is 1. The first kappa shape index (κ1) is 25.5. The van der Waals surface area contributed by atoms with Gasteiger partial charge in [-0.05, 0) is 56.0 Å². The molecule has 1 aromatic carbocycles. The molecule has 6 rings (SSSR count). The fourth-order valence-corrected chi connectivity index (χ4v) is 5.95. The lowest BCUT2D eigenvalue weighted by molar-refractivity contribution is 0.172. The van der Waals surface area contributed by atoms with E-state index in [9.17, 15) is 4.39 Å². The molecule has 0 radical (unpaired) electrons. The maximum atomic E-state index is 14.1. The van der Waals surface area contributed by atoms with Gasteiger partial charge in [0, 0.05) is 68.9 Å². The van der Waals surface area contributed by atoms with Gasteiger partial charge < -0.3 is 14.2 Å². The molecule has 0 bridgehead atoms. The van der Waals surface area contributed by atoms with E-state index in [-0.39, 0.29) is 5.83 Å². The summed E-state index contributed by atoms with van der Waals surface area (Å²) >= 11 is 0. The number of halogens is 1. The van der Waals surface area contributed by atoms with E-state index in [1.807, 2.05) is 38.3 Å². The molecule has 5 nitrogen and oxygen atoms in total. The third-order valence-electron chi connectivity index (χ3n) is 7.90. The summed E-state index contributed by atoms with van der Waals surface area (Å²) in [5, 5.41) is 1.25. The maximum absolute atomic E-state index is 14.1. The van der Waals surface area contributed by atoms with Gasteiger partial charge in [-0.2, -0.15) is 0 Å². The largest absolute Gasteiger partial charge is 0.462 e. The maximum Gasteiger partial charge on any atom is 0.135 e. The van der Waals surface area contributed by atoms with E-state index in [0.29, 0.717) is 12.5 Å². The molecule has 3 aromatic rings. The van der Waals surface area contributed by atoms with Gasteiger partial charge in [-0.3, -0.25) is 9.88 Å². The summed E-state index contributed by atoms with van der Waals surface area (Å²) in [6, 6.07) is 9.30. The Hall–Kier alpha value is -3.12. The number of anilines is 2. The van der Waals surface area contributed by atoms with Crippen LogP contribution < -0.4 is 9.80 Å². The highest BCUT2D eigenvalue weighted by Gasteiger charge is 2.28. The molecule has 196 valence electrons. The van der Waals surface area contributed by atoms with Gasteiger partial charge in [0.25, 0.3) is 0 Å². The van der Waals surface area contributed by atoms with Gasteiger partial charge >= 0.3 is 0 Å². The number of fused-ring (bicyclic) bond motifs is 2. The Morgan fingerprint density at radius 3 is 2.59 bits per heavy atom. The lowest BCUT2D eigenvalue weighted by Gasteiger charge is -2.40. The topological polar surface area (TPSA) is 35.8 Å². The monoisotopic (exact) mass is 502 g/mol. The fourth-order valence-electron chi connectivity index (χ4n) is 5.95. The van der Waals surface area contributed by atoms with Crippen LogP contribution in [0.4, 0.5) is 15.8 Å². The van der Waals surface area contributed by atoms with Crippen molar-refractivity contribution in [3.63, 3.8) is 0 Å². The van der Waals surface area contributed by atoms with E-state index < -0.39 is 0 Å². The molecular weight excluding hydrogens is 463 g/mol. The minimum Gasteiger partial charge on any atom is -0.462 e. The fraction of sp³-hybridized carbons (Fsp3) is 0.452. The Balaban J connectivity index is 0.00000137. The summed E-state index contributed by atoms with van der Waals surface area (Å²) in [7, 11) is 0. The van der Waals surface area contributed by atoms with E-state index in [0.717, 1.165) is 61.8 Å². The molecule has 2 saturated heterocycles. The third-order valence-corrected chi connectivity index (χ3v) is 7.90. The Morgan fingerprint density at radius 2 is 1.76 bits per heavy atom. The highest BCUT2D eigenvalue weighted by molar-refractivity contribution is 5.93. The van der Waals surface area contributed by atoms with Gasteiger partial charge in [0.15, 0.2) is 0 Å². The van der Waals surface area contributed by atoms with Crippen LogP contribution in [0.15, 0.2) is 53.0 Å². The van der Waals surface area contributed by atoms with E-state index in [1.165, 1.54) is 35.9 Å². The minimum absolute atomic E-state index is 0.110. The number of allylic oxidation sites excluding steroid dienone is 2. The Kier molecular flexibility index (Phi) is 7.94. The van der Waals surface area contributed by atoms with Crippen LogP contribution in [0.5, 0.6) is 0 Å². The predicted molar refractivity (Wildman–Crippen MR) is 153 cm³/mol. The number of benzene rings is 1. The van der Waals surface area contributed by atoms with Gasteiger partial charge in [0.2, 0.25) is 0 Å². The van der Waals surface area contributed by atoms with Crippen LogP contribution in [0.3, 0.4) is 0 Å². The number of furan rings is 1. The molecule has 6 heteroatoms. The van der Waals surface area contributed by atoms with Gasteiger partial charge in [-0.15, -0.1) is 0 Å². The SMILES string of the molecule is CC.Cc1ccc(N2CCCC(N3CCN(c4coc5c4C=C(F)CC=C5)CC3)CC2)c2ncccc12. The summed E-state index contributed by atoms with van der Waals surface area (Å²) in [5.41, 5.74) is 5.58. The van der Waals surface area contributed by atoms with E-state index in [2.05, 4.69) is 39.8 Å². The summed E-state index contributed by atoms with van der Waals surface area (Å²) in [6.45, 7) is 12.2. The average Bonchev–Trinajstić information content (AvgIpc) is 3.08. The number of rotatable bonds is 3. The second kappa shape index (κ2) is 11.5. The standard InChI is InChI=1S/C29H33FN4O.C2H6/c1-21-9-10-26(29-24(21)7-3-12-31-29)33-13-4-6-23(11-14-33)32-15-17-34(18-16-32)27-20-35-28-8-2-5-22(30)19-25(27)28;1-2/h2-3,7-10,12,19-20,23H,4-6,11,13-18H2,1H3;1-2H3. The predicted octanol–water partition coefficient (Wildman–Crippen LogP) is 7.07. The number of nitrogens with zero attached hydrogens (tertiary/aromatic N) is 4. The van der Waals surface area contributed by atoms with E-state index in [4.69, 9.17) is 9.40 Å². The first-order chi connectivity index (χ1) is 18.2. The van der Waals surface area contributed by atoms with Gasteiger partial charge in [0.05, 0.1) is 16.9 Å². The second-order valence-corrected chi connectivity index (χ2v) is 9.99. The molecule has 37 heavy (non-hydrogen) atoms. The number of hydrogen-bond acceptors (Lipinski definition) is 5. The van der Waals surface area contributed by atoms with E-state index >= 15 is 0 Å². The molecule has 2 aliphatic heterocycles. The Labute approximate surface area is 220 Å². The molecule has 1 aliphatic carbocycles. The van der Waals surface area contributed by atoms with E-state index in [1.54, 1.807) is 12.3 Å². The zero-order valence-corrected chi connectivity index (χ0v) is 22.4. The lowest BCUT2D eigenvalue weighted by Crippen LogP contribution is -2.50. The smallest absolute Gasteiger partial charge is 0.135 e. The van der Waals surface area contributed by atoms with Crippen LogP contribution in [0, 0.1) is 6.92 Å². The summed E-state index contributed by atoms with van der Waals surface area (Å²) in [6.07, 6.45) is 13.0. The lowest BCUT2D eigenvalue weighted by atomic mass is 10.1. The molecule has 0 amide bonds. The summed E-state index contributed by atoms with van der Waals surface area (Å²) in [5.74, 6) is 0.651. The molecule has 3 aliphatic rings. The van der Waals surface area contributed by atoms with Crippen molar-refractivity contribution in [1.82, 2.24) is 9.88 Å². The van der Waals surface area contributed by atoms with Crippen molar-refractivity contribution in [3.05, 3.63) is 65.5 Å². The Bertz CT molecular complexity index is 1270. The van der Waals surface area contributed by atoms with Gasteiger partial charge in [0.1, 0.15) is 17.9 Å². The van der Waals surface area contributed by atoms with Crippen LogP contribution in [-0.2, 0) is 0 Å². The van der Waals surface area contributed by atoms with Gasteiger partial charge in [-0.1, -0.05) is 32.1 Å². The number of hydrogen-bond donors (Lipinski definition) is 0. The van der Waals surface area contributed by atoms with Crippen LogP contribution in [0.25, 0.3) is 23.1 Å². The normalized spacial score (nSPS) is 20.5. The molecule has 2 fully saturated rings.